The first kappa shape index (κ1) is 34.2. The molecule has 12 heteroatoms. The van der Waals surface area contributed by atoms with Gasteiger partial charge in [0.25, 0.3) is 11.8 Å². The number of benzene rings is 4. The van der Waals surface area contributed by atoms with Crippen LogP contribution in [-0.4, -0.2) is 52.7 Å². The van der Waals surface area contributed by atoms with Crippen molar-refractivity contribution in [1.82, 2.24) is 10.6 Å². The number of rotatable bonds is 9. The maximum atomic E-state index is 13.8. The molecule has 0 saturated heterocycles. The quantitative estimate of drug-likeness (QED) is 0.186. The average molecular weight is 695 g/mol. The maximum absolute atomic E-state index is 13.8. The molecule has 1 aliphatic carbocycles. The van der Waals surface area contributed by atoms with Crippen molar-refractivity contribution in [2.24, 2.45) is 0 Å². The lowest BCUT2D eigenvalue weighted by atomic mass is 9.78. The van der Waals surface area contributed by atoms with Crippen LogP contribution in [0.25, 0.3) is 33.4 Å². The molecule has 6 rings (SSSR count). The summed E-state index contributed by atoms with van der Waals surface area (Å²) < 4.78 is 52.6. The number of nitrogens with one attached hydrogen (secondary N) is 2. The Kier molecular flexibility index (Phi) is 9.12. The second-order valence-electron chi connectivity index (χ2n) is 12.2. The molecule has 5 aromatic rings. The minimum absolute atomic E-state index is 0.0867. The number of anilines is 1. The predicted molar refractivity (Wildman–Crippen MR) is 189 cm³/mol. The topological polar surface area (TPSA) is 142 Å². The van der Waals surface area contributed by atoms with E-state index in [1.165, 1.54) is 35.6 Å². The molecule has 0 aliphatic heterocycles. The van der Waals surface area contributed by atoms with Gasteiger partial charge in [-0.15, -0.1) is 0 Å². The van der Waals surface area contributed by atoms with Gasteiger partial charge in [0, 0.05) is 48.2 Å². The number of amides is 2. The first-order valence-electron chi connectivity index (χ1n) is 16.0. The van der Waals surface area contributed by atoms with E-state index in [1.54, 1.807) is 50.4 Å². The molecule has 50 heavy (non-hydrogen) atoms. The zero-order valence-corrected chi connectivity index (χ0v) is 28.8. The molecule has 0 fully saturated rings. The number of ether oxygens (including phenoxy) is 1. The number of aryl methyl sites for hydroxylation is 1. The summed E-state index contributed by atoms with van der Waals surface area (Å²) in [7, 11) is -0.711. The Hall–Kier alpha value is -5.67. The fourth-order valence-corrected chi connectivity index (χ4v) is 7.53. The van der Waals surface area contributed by atoms with Crippen molar-refractivity contribution in [3.05, 3.63) is 107 Å². The number of carbonyl (C=O) groups is 2. The van der Waals surface area contributed by atoms with Crippen LogP contribution in [0.4, 0.5) is 10.1 Å². The summed E-state index contributed by atoms with van der Waals surface area (Å²) in [6.07, 6.45) is 2.42. The number of methoxy groups -OCH3 is 1. The van der Waals surface area contributed by atoms with E-state index < -0.39 is 33.2 Å². The highest BCUT2D eigenvalue weighted by atomic mass is 32.2. The monoisotopic (exact) mass is 694 g/mol. The molecule has 1 heterocycles. The molecule has 4 aromatic carbocycles. The molecule has 256 valence electrons. The number of hydrogen-bond acceptors (Lipinski definition) is 7. The van der Waals surface area contributed by atoms with Crippen molar-refractivity contribution in [3.63, 3.8) is 0 Å². The SMILES string of the molecule is CCN(c1cc2oc(-c3ccc(F)cc3)c(C(=O)NC)c2cc1-c1cccc(C(=O)NC2(C#N)CCc3cc(OC)ccc3C2)c1)S(C)(=O)=O. The number of nitriles is 1. The molecule has 0 saturated carbocycles. The molecule has 0 bridgehead atoms. The van der Waals surface area contributed by atoms with Crippen LogP contribution in [0.3, 0.4) is 0 Å². The summed E-state index contributed by atoms with van der Waals surface area (Å²) in [6, 6.07) is 23.4. The van der Waals surface area contributed by atoms with Gasteiger partial charge < -0.3 is 19.8 Å². The van der Waals surface area contributed by atoms with E-state index in [2.05, 4.69) is 16.7 Å². The number of fused-ring (bicyclic) bond motifs is 2. The molecule has 10 nitrogen and oxygen atoms in total. The van der Waals surface area contributed by atoms with E-state index in [0.29, 0.717) is 41.3 Å². The summed E-state index contributed by atoms with van der Waals surface area (Å²) >= 11 is 0. The lowest BCUT2D eigenvalue weighted by Gasteiger charge is -2.33. The Morgan fingerprint density at radius 3 is 2.44 bits per heavy atom. The third kappa shape index (κ3) is 6.40. The first-order chi connectivity index (χ1) is 23.9. The van der Waals surface area contributed by atoms with Gasteiger partial charge in [0.2, 0.25) is 10.0 Å². The van der Waals surface area contributed by atoms with Crippen LogP contribution >= 0.6 is 0 Å². The number of carbonyl (C=O) groups excluding carboxylic acids is 2. The zero-order valence-electron chi connectivity index (χ0n) is 28.0. The van der Waals surface area contributed by atoms with Crippen molar-refractivity contribution >= 4 is 38.5 Å². The van der Waals surface area contributed by atoms with Crippen LogP contribution in [0.1, 0.15) is 45.2 Å². The number of hydrogen-bond donors (Lipinski definition) is 2. The standard InChI is InChI=1S/C38H35FN4O6S/c1-5-43(50(4,46)47)32-20-33-31(34(37(45)41-2)35(49-33)23-9-12-28(39)13-10-23)19-30(32)25-7-6-8-26(17-25)36(44)42-38(22-40)16-15-24-18-29(48-3)14-11-27(24)21-38/h6-14,17-20H,5,15-16,21H2,1-4H3,(H,41,45)(H,42,44). The van der Waals surface area contributed by atoms with Gasteiger partial charge in [-0.3, -0.25) is 13.9 Å². The smallest absolute Gasteiger partial charge is 0.255 e. The van der Waals surface area contributed by atoms with Gasteiger partial charge in [0.1, 0.15) is 28.4 Å². The van der Waals surface area contributed by atoms with E-state index >= 15 is 0 Å². The van der Waals surface area contributed by atoms with Crippen LogP contribution in [0.2, 0.25) is 0 Å². The van der Waals surface area contributed by atoms with Gasteiger partial charge in [-0.05, 0) is 91.1 Å². The predicted octanol–water partition coefficient (Wildman–Crippen LogP) is 6.24. The largest absolute Gasteiger partial charge is 0.497 e. The second kappa shape index (κ2) is 13.3. The third-order valence-corrected chi connectivity index (χ3v) is 10.3. The number of nitrogens with zero attached hydrogens (tertiary/aromatic N) is 2. The summed E-state index contributed by atoms with van der Waals surface area (Å²) in [5.74, 6) is -0.460. The van der Waals surface area contributed by atoms with E-state index in [4.69, 9.17) is 9.15 Å². The van der Waals surface area contributed by atoms with Crippen LogP contribution in [-0.2, 0) is 22.9 Å². The van der Waals surface area contributed by atoms with E-state index in [0.717, 1.165) is 23.1 Å². The molecule has 2 N–H and O–H groups in total. The van der Waals surface area contributed by atoms with Gasteiger partial charge in [0.15, 0.2) is 0 Å². The van der Waals surface area contributed by atoms with Crippen molar-refractivity contribution < 1.29 is 31.6 Å². The average Bonchev–Trinajstić information content (AvgIpc) is 3.49. The summed E-state index contributed by atoms with van der Waals surface area (Å²) in [5.41, 5.74) is 3.22. The Balaban J connectivity index is 1.46. The summed E-state index contributed by atoms with van der Waals surface area (Å²) in [6.45, 7) is 1.78. The summed E-state index contributed by atoms with van der Waals surface area (Å²) in [4.78, 5) is 27.1. The lowest BCUT2D eigenvalue weighted by Crippen LogP contribution is -2.51. The number of sulfonamides is 1. The molecule has 1 aromatic heterocycles. The zero-order chi connectivity index (χ0) is 35.8. The van der Waals surface area contributed by atoms with Crippen LogP contribution < -0.4 is 19.7 Å². The van der Waals surface area contributed by atoms with Crippen molar-refractivity contribution in [2.75, 3.05) is 31.3 Å². The van der Waals surface area contributed by atoms with Crippen LogP contribution in [0, 0.1) is 17.1 Å². The molecule has 0 radical (unpaired) electrons. The maximum Gasteiger partial charge on any atom is 0.255 e. The highest BCUT2D eigenvalue weighted by molar-refractivity contribution is 7.92. The van der Waals surface area contributed by atoms with Crippen molar-refractivity contribution in [2.45, 2.75) is 31.7 Å². The molecule has 2 amide bonds. The number of furan rings is 1. The molecule has 1 unspecified atom stereocenters. The fourth-order valence-electron chi connectivity index (χ4n) is 6.55. The van der Waals surface area contributed by atoms with Gasteiger partial charge >= 0.3 is 0 Å². The number of halogens is 1. The second-order valence-corrected chi connectivity index (χ2v) is 14.1. The van der Waals surface area contributed by atoms with E-state index in [-0.39, 0.29) is 34.7 Å². The van der Waals surface area contributed by atoms with Gasteiger partial charge in [-0.25, -0.2) is 12.8 Å². The Labute approximate surface area is 289 Å². The molecule has 1 aliphatic rings. The van der Waals surface area contributed by atoms with E-state index in [1.807, 2.05) is 18.2 Å². The van der Waals surface area contributed by atoms with Crippen molar-refractivity contribution in [1.29, 1.82) is 5.26 Å². The lowest BCUT2D eigenvalue weighted by molar-refractivity contribution is 0.0912. The minimum atomic E-state index is -3.79. The normalized spacial score (nSPS) is 15.5. The van der Waals surface area contributed by atoms with Crippen LogP contribution in [0.5, 0.6) is 5.75 Å². The molecular formula is C38H35FN4O6S. The molecule has 0 spiro atoms. The Morgan fingerprint density at radius 1 is 1.02 bits per heavy atom. The van der Waals surface area contributed by atoms with E-state index in [9.17, 15) is 27.7 Å². The highest BCUT2D eigenvalue weighted by Crippen LogP contribution is 2.42. The van der Waals surface area contributed by atoms with Gasteiger partial charge in [-0.2, -0.15) is 5.26 Å². The fraction of sp³-hybridized carbons (Fsp3) is 0.237. The van der Waals surface area contributed by atoms with Gasteiger partial charge in [0.05, 0.1) is 30.7 Å². The molecule has 1 atom stereocenters. The van der Waals surface area contributed by atoms with Gasteiger partial charge in [-0.1, -0.05) is 18.2 Å². The Morgan fingerprint density at radius 2 is 1.78 bits per heavy atom. The molecular weight excluding hydrogens is 660 g/mol. The van der Waals surface area contributed by atoms with Crippen LogP contribution in [0.15, 0.2) is 83.3 Å². The van der Waals surface area contributed by atoms with Crippen molar-refractivity contribution in [3.8, 4) is 34.3 Å². The first-order valence-corrected chi connectivity index (χ1v) is 17.8. The summed E-state index contributed by atoms with van der Waals surface area (Å²) in [5, 5.41) is 16.3. The highest BCUT2D eigenvalue weighted by Gasteiger charge is 2.37. The Bertz CT molecular complexity index is 2290. The third-order valence-electron chi connectivity index (χ3n) is 9.05. The minimum Gasteiger partial charge on any atom is -0.497 e.